The summed E-state index contributed by atoms with van der Waals surface area (Å²) in [7, 11) is 0. The molecule has 1 saturated heterocycles. The summed E-state index contributed by atoms with van der Waals surface area (Å²) in [6.07, 6.45) is 4.85. The third kappa shape index (κ3) is 5.84. The van der Waals surface area contributed by atoms with E-state index in [2.05, 4.69) is 12.2 Å². The van der Waals surface area contributed by atoms with E-state index in [1.54, 1.807) is 0 Å². The van der Waals surface area contributed by atoms with Gasteiger partial charge in [0.2, 0.25) is 0 Å². The van der Waals surface area contributed by atoms with Crippen LogP contribution in [0.4, 0.5) is 0 Å². The Morgan fingerprint density at radius 2 is 1.60 bits per heavy atom. The number of aliphatic hydroxyl groups is 4. The highest BCUT2D eigenvalue weighted by atomic mass is 35.5. The van der Waals surface area contributed by atoms with Crippen molar-refractivity contribution in [3.63, 3.8) is 0 Å². The van der Waals surface area contributed by atoms with Gasteiger partial charge < -0.3 is 25.7 Å². The van der Waals surface area contributed by atoms with Crippen LogP contribution in [0.25, 0.3) is 0 Å². The van der Waals surface area contributed by atoms with Crippen molar-refractivity contribution in [2.24, 2.45) is 0 Å². The minimum absolute atomic E-state index is 0. The maximum Gasteiger partial charge on any atom is 0.0993 e. The summed E-state index contributed by atoms with van der Waals surface area (Å²) in [5.74, 6) is 0. The van der Waals surface area contributed by atoms with Crippen molar-refractivity contribution in [2.75, 3.05) is 6.61 Å². The van der Waals surface area contributed by atoms with Crippen LogP contribution in [0.2, 0.25) is 0 Å². The minimum atomic E-state index is -1.01. The monoisotopic (exact) mass is 311 g/mol. The molecule has 0 radical (unpaired) electrons. The Kier molecular flexibility index (Phi) is 10.8. The topological polar surface area (TPSA) is 93.0 Å². The van der Waals surface area contributed by atoms with E-state index in [0.717, 1.165) is 12.8 Å². The third-order valence-corrected chi connectivity index (χ3v) is 4.00. The van der Waals surface area contributed by atoms with E-state index >= 15 is 0 Å². The molecule has 1 aliphatic heterocycles. The number of unbranched alkanes of at least 4 members (excludes halogenated alkanes) is 5. The van der Waals surface area contributed by atoms with Gasteiger partial charge in [-0.2, -0.15) is 0 Å². The number of halogens is 1. The molecular formula is C14H30ClNO4. The van der Waals surface area contributed by atoms with Crippen LogP contribution in [-0.2, 0) is 0 Å². The standard InChI is InChI=1S/C14H29NO4.ClH/c1-2-3-4-5-6-7-8-11(17)12-14(19)13(18)10(9-16)15-12;/h10-19H,2-9H2,1H3;1H/t10-,11+,12-,13-,14-;/m1./s1. The number of hydrogen-bond acceptors (Lipinski definition) is 5. The summed E-state index contributed by atoms with van der Waals surface area (Å²) < 4.78 is 0. The maximum atomic E-state index is 10.0. The van der Waals surface area contributed by atoms with Crippen LogP contribution in [0, 0.1) is 0 Å². The van der Waals surface area contributed by atoms with Gasteiger partial charge in [0.05, 0.1) is 37.0 Å². The quantitative estimate of drug-likeness (QED) is 0.402. The van der Waals surface area contributed by atoms with Gasteiger partial charge in [-0.3, -0.25) is 0 Å². The van der Waals surface area contributed by atoms with Crippen molar-refractivity contribution in [1.29, 1.82) is 0 Å². The Morgan fingerprint density at radius 1 is 1.00 bits per heavy atom. The molecule has 1 heterocycles. The molecule has 5 atom stereocenters. The Labute approximate surface area is 127 Å². The fourth-order valence-electron chi connectivity index (χ4n) is 2.71. The molecule has 5 N–H and O–H groups in total. The molecule has 0 aromatic rings. The first kappa shape index (κ1) is 20.1. The molecule has 0 aliphatic carbocycles. The average molecular weight is 312 g/mol. The van der Waals surface area contributed by atoms with Crippen molar-refractivity contribution in [3.05, 3.63) is 0 Å². The van der Waals surface area contributed by atoms with Crippen LogP contribution in [0.1, 0.15) is 51.9 Å². The molecule has 122 valence electrons. The first-order chi connectivity index (χ1) is 9.11. The highest BCUT2D eigenvalue weighted by molar-refractivity contribution is 5.85. The van der Waals surface area contributed by atoms with Gasteiger partial charge in [-0.15, -0.1) is 12.4 Å². The molecule has 0 unspecified atom stereocenters. The van der Waals surface area contributed by atoms with E-state index in [4.69, 9.17) is 5.11 Å². The van der Waals surface area contributed by atoms with Crippen LogP contribution < -0.4 is 5.32 Å². The average Bonchev–Trinajstić information content (AvgIpc) is 2.70. The normalized spacial score (nSPS) is 31.1. The molecule has 20 heavy (non-hydrogen) atoms. The second kappa shape index (κ2) is 10.8. The summed E-state index contributed by atoms with van der Waals surface area (Å²) in [5, 5.41) is 41.5. The van der Waals surface area contributed by atoms with Gasteiger partial charge in [0.15, 0.2) is 0 Å². The highest BCUT2D eigenvalue weighted by Crippen LogP contribution is 2.20. The Hall–Kier alpha value is 0.0900. The Bertz CT molecular complexity index is 245. The highest BCUT2D eigenvalue weighted by Gasteiger charge is 2.43. The molecular weight excluding hydrogens is 282 g/mol. The molecule has 0 aromatic carbocycles. The molecule has 0 saturated carbocycles. The molecule has 6 heteroatoms. The fraction of sp³-hybridized carbons (Fsp3) is 1.00. The van der Waals surface area contributed by atoms with E-state index in [1.165, 1.54) is 25.7 Å². The van der Waals surface area contributed by atoms with Gasteiger partial charge in [0.25, 0.3) is 0 Å². The molecule has 0 bridgehead atoms. The first-order valence-corrected chi connectivity index (χ1v) is 7.53. The van der Waals surface area contributed by atoms with Gasteiger partial charge >= 0.3 is 0 Å². The van der Waals surface area contributed by atoms with Crippen molar-refractivity contribution in [3.8, 4) is 0 Å². The van der Waals surface area contributed by atoms with Crippen molar-refractivity contribution >= 4 is 12.4 Å². The summed E-state index contributed by atoms with van der Waals surface area (Å²) in [4.78, 5) is 0. The van der Waals surface area contributed by atoms with E-state index in [9.17, 15) is 15.3 Å². The lowest BCUT2D eigenvalue weighted by Gasteiger charge is -2.22. The van der Waals surface area contributed by atoms with Crippen LogP contribution >= 0.6 is 12.4 Å². The Balaban J connectivity index is 0.00000361. The lowest BCUT2D eigenvalue weighted by atomic mass is 9.99. The summed E-state index contributed by atoms with van der Waals surface area (Å²) >= 11 is 0. The van der Waals surface area contributed by atoms with Crippen molar-refractivity contribution < 1.29 is 20.4 Å². The van der Waals surface area contributed by atoms with Crippen LogP contribution in [0.5, 0.6) is 0 Å². The van der Waals surface area contributed by atoms with Gasteiger partial charge in [-0.25, -0.2) is 0 Å². The van der Waals surface area contributed by atoms with Gasteiger partial charge in [0, 0.05) is 0 Å². The van der Waals surface area contributed by atoms with E-state index < -0.39 is 30.4 Å². The molecule has 1 rings (SSSR count). The number of aliphatic hydroxyl groups excluding tert-OH is 4. The lowest BCUT2D eigenvalue weighted by molar-refractivity contribution is -0.00443. The van der Waals surface area contributed by atoms with Gasteiger partial charge in [0.1, 0.15) is 0 Å². The molecule has 0 aromatic heterocycles. The lowest BCUT2D eigenvalue weighted by Crippen LogP contribution is -2.44. The molecule has 1 aliphatic rings. The summed E-state index contributed by atoms with van der Waals surface area (Å²) in [6, 6.07) is -1.08. The second-order valence-electron chi connectivity index (χ2n) is 5.59. The van der Waals surface area contributed by atoms with Crippen LogP contribution in [0.3, 0.4) is 0 Å². The zero-order valence-electron chi connectivity index (χ0n) is 12.2. The summed E-state index contributed by atoms with van der Waals surface area (Å²) in [5.41, 5.74) is 0. The molecule has 0 spiro atoms. The predicted molar refractivity (Wildman–Crippen MR) is 81.1 cm³/mol. The first-order valence-electron chi connectivity index (χ1n) is 7.53. The zero-order chi connectivity index (χ0) is 14.3. The number of hydrogen-bond donors (Lipinski definition) is 5. The van der Waals surface area contributed by atoms with E-state index in [0.29, 0.717) is 6.42 Å². The zero-order valence-corrected chi connectivity index (χ0v) is 13.1. The van der Waals surface area contributed by atoms with Crippen LogP contribution in [0.15, 0.2) is 0 Å². The fourth-order valence-corrected chi connectivity index (χ4v) is 2.71. The smallest absolute Gasteiger partial charge is 0.0993 e. The van der Waals surface area contributed by atoms with Crippen molar-refractivity contribution in [2.45, 2.75) is 82.3 Å². The second-order valence-corrected chi connectivity index (χ2v) is 5.59. The van der Waals surface area contributed by atoms with Gasteiger partial charge in [-0.1, -0.05) is 45.4 Å². The molecule has 1 fully saturated rings. The number of rotatable bonds is 9. The summed E-state index contributed by atoms with van der Waals surface area (Å²) in [6.45, 7) is 1.94. The molecule has 5 nitrogen and oxygen atoms in total. The largest absolute Gasteiger partial charge is 0.395 e. The van der Waals surface area contributed by atoms with Crippen LogP contribution in [-0.4, -0.2) is 57.4 Å². The third-order valence-electron chi connectivity index (χ3n) is 4.00. The predicted octanol–water partition coefficient (Wildman–Crippen LogP) is 0.574. The van der Waals surface area contributed by atoms with E-state index in [1.807, 2.05) is 0 Å². The Morgan fingerprint density at radius 3 is 2.15 bits per heavy atom. The van der Waals surface area contributed by atoms with Crippen molar-refractivity contribution in [1.82, 2.24) is 5.32 Å². The van der Waals surface area contributed by atoms with E-state index in [-0.39, 0.29) is 19.0 Å². The minimum Gasteiger partial charge on any atom is -0.395 e. The number of nitrogens with one attached hydrogen (secondary N) is 1. The maximum absolute atomic E-state index is 10.0. The molecule has 0 amide bonds. The SMILES string of the molecule is CCCCCCCC[C@H](O)[C@H]1N[C@H](CO)[C@@H](O)[C@@H]1O.Cl. The van der Waals surface area contributed by atoms with Gasteiger partial charge in [-0.05, 0) is 6.42 Å².